The van der Waals surface area contributed by atoms with Gasteiger partial charge in [0, 0.05) is 25.3 Å². The number of halogens is 1. The van der Waals surface area contributed by atoms with Crippen molar-refractivity contribution in [3.8, 4) is 0 Å². The van der Waals surface area contributed by atoms with Crippen LogP contribution in [0.3, 0.4) is 0 Å². The molecule has 4 heteroatoms. The minimum Gasteiger partial charge on any atom is -0.313 e. The largest absolute Gasteiger partial charge is 0.313 e. The second-order valence-electron chi connectivity index (χ2n) is 4.48. The molecule has 3 nitrogen and oxygen atoms in total. The van der Waals surface area contributed by atoms with Crippen molar-refractivity contribution in [1.82, 2.24) is 15.2 Å². The number of likely N-dealkylation sites (N-methyl/N-ethyl adjacent to an activating group) is 1. The molecule has 0 amide bonds. The van der Waals surface area contributed by atoms with Gasteiger partial charge in [0.2, 0.25) is 0 Å². The zero-order chi connectivity index (χ0) is 11.4. The lowest BCUT2D eigenvalue weighted by Gasteiger charge is -2.21. The van der Waals surface area contributed by atoms with Crippen molar-refractivity contribution in [2.75, 3.05) is 20.1 Å². The van der Waals surface area contributed by atoms with Gasteiger partial charge in [0.05, 0.1) is 0 Å². The van der Waals surface area contributed by atoms with Crippen LogP contribution in [-0.2, 0) is 6.54 Å². The van der Waals surface area contributed by atoms with Gasteiger partial charge in [0.1, 0.15) is 4.60 Å². The van der Waals surface area contributed by atoms with E-state index < -0.39 is 0 Å². The van der Waals surface area contributed by atoms with E-state index in [1.165, 1.54) is 24.9 Å². The third-order valence-electron chi connectivity index (χ3n) is 2.94. The average molecular weight is 284 g/mol. The summed E-state index contributed by atoms with van der Waals surface area (Å²) < 4.78 is 0.914. The molecule has 0 saturated carbocycles. The molecular weight excluding hydrogens is 266 g/mol. The van der Waals surface area contributed by atoms with Crippen molar-refractivity contribution >= 4 is 15.9 Å². The van der Waals surface area contributed by atoms with E-state index in [2.05, 4.69) is 50.3 Å². The fourth-order valence-electron chi connectivity index (χ4n) is 2.21. The molecule has 1 N–H and O–H groups in total. The molecule has 1 atom stereocenters. The number of aromatic nitrogens is 1. The molecule has 1 aliphatic rings. The van der Waals surface area contributed by atoms with Crippen LogP contribution in [0.1, 0.15) is 18.4 Å². The Morgan fingerprint density at radius 2 is 2.50 bits per heavy atom. The summed E-state index contributed by atoms with van der Waals surface area (Å²) in [5.74, 6) is 0. The zero-order valence-corrected chi connectivity index (χ0v) is 11.2. The minimum atomic E-state index is 0.676. The monoisotopic (exact) mass is 283 g/mol. The topological polar surface area (TPSA) is 28.2 Å². The molecule has 1 aromatic rings. The van der Waals surface area contributed by atoms with Crippen LogP contribution in [0, 0.1) is 0 Å². The molecule has 1 saturated heterocycles. The molecule has 0 unspecified atom stereocenters. The summed E-state index contributed by atoms with van der Waals surface area (Å²) in [6.07, 6.45) is 4.48. The van der Waals surface area contributed by atoms with Crippen molar-refractivity contribution in [1.29, 1.82) is 0 Å². The summed E-state index contributed by atoms with van der Waals surface area (Å²) in [6.45, 7) is 3.29. The molecule has 0 aromatic carbocycles. The van der Waals surface area contributed by atoms with E-state index in [9.17, 15) is 0 Å². The highest BCUT2D eigenvalue weighted by atomic mass is 79.9. The predicted molar refractivity (Wildman–Crippen MR) is 69.3 cm³/mol. The summed E-state index contributed by atoms with van der Waals surface area (Å²) in [5, 5.41) is 3.52. The lowest BCUT2D eigenvalue weighted by atomic mass is 10.2. The quantitative estimate of drug-likeness (QED) is 0.857. The standard InChI is InChI=1S/C12H18BrN3/c1-16(9-11-3-2-5-14-11)8-10-4-6-15-12(13)7-10/h4,6-7,11,14H,2-3,5,8-9H2,1H3/t11-/m0/s1. The summed E-state index contributed by atoms with van der Waals surface area (Å²) in [6, 6.07) is 4.83. The molecule has 2 rings (SSSR count). The molecule has 0 bridgehead atoms. The zero-order valence-electron chi connectivity index (χ0n) is 9.62. The molecule has 16 heavy (non-hydrogen) atoms. The third kappa shape index (κ3) is 3.54. The first-order chi connectivity index (χ1) is 7.74. The molecule has 0 spiro atoms. The SMILES string of the molecule is CN(Cc1ccnc(Br)c1)C[C@@H]1CCCN1. The Morgan fingerprint density at radius 1 is 1.62 bits per heavy atom. The summed E-state index contributed by atoms with van der Waals surface area (Å²) in [4.78, 5) is 6.50. The first-order valence-corrected chi connectivity index (χ1v) is 6.56. The van der Waals surface area contributed by atoms with Gasteiger partial charge in [-0.1, -0.05) is 0 Å². The maximum Gasteiger partial charge on any atom is 0.106 e. The van der Waals surface area contributed by atoms with E-state index in [-0.39, 0.29) is 0 Å². The normalized spacial score (nSPS) is 20.6. The second-order valence-corrected chi connectivity index (χ2v) is 5.29. The van der Waals surface area contributed by atoms with E-state index >= 15 is 0 Å². The Kier molecular flexibility index (Phi) is 4.32. The van der Waals surface area contributed by atoms with Crippen LogP contribution in [0.2, 0.25) is 0 Å². The van der Waals surface area contributed by atoms with Crippen LogP contribution in [0.4, 0.5) is 0 Å². The molecule has 0 radical (unpaired) electrons. The van der Waals surface area contributed by atoms with Crippen molar-refractivity contribution in [3.05, 3.63) is 28.5 Å². The van der Waals surface area contributed by atoms with Gasteiger partial charge in [-0.3, -0.25) is 0 Å². The molecule has 2 heterocycles. The van der Waals surface area contributed by atoms with Crippen LogP contribution in [0.5, 0.6) is 0 Å². The van der Waals surface area contributed by atoms with Gasteiger partial charge in [-0.2, -0.15) is 0 Å². The third-order valence-corrected chi connectivity index (χ3v) is 3.37. The highest BCUT2D eigenvalue weighted by Gasteiger charge is 2.15. The molecular formula is C12H18BrN3. The van der Waals surface area contributed by atoms with Crippen LogP contribution in [-0.4, -0.2) is 36.1 Å². The van der Waals surface area contributed by atoms with Crippen molar-refractivity contribution in [3.63, 3.8) is 0 Å². The van der Waals surface area contributed by atoms with Gasteiger partial charge in [0.25, 0.3) is 0 Å². The fraction of sp³-hybridized carbons (Fsp3) is 0.583. The van der Waals surface area contributed by atoms with Gasteiger partial charge in [-0.15, -0.1) is 0 Å². The van der Waals surface area contributed by atoms with Gasteiger partial charge in [-0.05, 0) is 60.1 Å². The molecule has 1 aromatic heterocycles. The summed E-state index contributed by atoms with van der Waals surface area (Å²) >= 11 is 3.40. The second kappa shape index (κ2) is 5.75. The van der Waals surface area contributed by atoms with Gasteiger partial charge < -0.3 is 10.2 Å². The van der Waals surface area contributed by atoms with E-state index in [1.54, 1.807) is 0 Å². The average Bonchev–Trinajstić information content (AvgIpc) is 2.70. The fourth-order valence-corrected chi connectivity index (χ4v) is 2.62. The highest BCUT2D eigenvalue weighted by molar-refractivity contribution is 9.10. The van der Waals surface area contributed by atoms with Crippen LogP contribution in [0.25, 0.3) is 0 Å². The number of hydrogen-bond donors (Lipinski definition) is 1. The Balaban J connectivity index is 1.84. The molecule has 1 aliphatic heterocycles. The Bertz CT molecular complexity index is 337. The first kappa shape index (κ1) is 12.0. The van der Waals surface area contributed by atoms with E-state index in [0.29, 0.717) is 6.04 Å². The Labute approximate surface area is 105 Å². The van der Waals surface area contributed by atoms with Gasteiger partial charge in [0.15, 0.2) is 0 Å². The maximum absolute atomic E-state index is 4.14. The van der Waals surface area contributed by atoms with E-state index in [4.69, 9.17) is 0 Å². The Hall–Kier alpha value is -0.450. The van der Waals surface area contributed by atoms with Crippen molar-refractivity contribution in [2.45, 2.75) is 25.4 Å². The number of hydrogen-bond acceptors (Lipinski definition) is 3. The number of rotatable bonds is 4. The van der Waals surface area contributed by atoms with E-state index in [1.807, 2.05) is 6.20 Å². The van der Waals surface area contributed by atoms with Crippen LogP contribution >= 0.6 is 15.9 Å². The molecule has 1 fully saturated rings. The maximum atomic E-state index is 4.14. The number of nitrogens with zero attached hydrogens (tertiary/aromatic N) is 2. The van der Waals surface area contributed by atoms with Crippen LogP contribution < -0.4 is 5.32 Å². The van der Waals surface area contributed by atoms with Gasteiger partial charge in [-0.25, -0.2) is 4.98 Å². The van der Waals surface area contributed by atoms with Crippen molar-refractivity contribution in [2.24, 2.45) is 0 Å². The number of nitrogens with one attached hydrogen (secondary N) is 1. The summed E-state index contributed by atoms with van der Waals surface area (Å²) in [7, 11) is 2.17. The lowest BCUT2D eigenvalue weighted by Crippen LogP contribution is -2.34. The molecule has 0 aliphatic carbocycles. The minimum absolute atomic E-state index is 0.676. The molecule has 88 valence electrons. The summed E-state index contributed by atoms with van der Waals surface area (Å²) in [5.41, 5.74) is 1.31. The van der Waals surface area contributed by atoms with Gasteiger partial charge >= 0.3 is 0 Å². The highest BCUT2D eigenvalue weighted by Crippen LogP contribution is 2.11. The Morgan fingerprint density at radius 3 is 3.19 bits per heavy atom. The number of pyridine rings is 1. The lowest BCUT2D eigenvalue weighted by molar-refractivity contribution is 0.293. The van der Waals surface area contributed by atoms with Crippen LogP contribution in [0.15, 0.2) is 22.9 Å². The van der Waals surface area contributed by atoms with Crippen molar-refractivity contribution < 1.29 is 0 Å². The predicted octanol–water partition coefficient (Wildman–Crippen LogP) is 2.03. The first-order valence-electron chi connectivity index (χ1n) is 5.76. The smallest absolute Gasteiger partial charge is 0.106 e. The van der Waals surface area contributed by atoms with E-state index in [0.717, 1.165) is 17.7 Å².